The molecule has 2 heterocycles. The van der Waals surface area contributed by atoms with E-state index in [1.165, 1.54) is 18.3 Å². The van der Waals surface area contributed by atoms with Crippen LogP contribution in [0.1, 0.15) is 18.6 Å². The van der Waals surface area contributed by atoms with Gasteiger partial charge in [0.1, 0.15) is 0 Å². The quantitative estimate of drug-likeness (QED) is 0.473. The molecular formula is C13H16BrN5O4. The van der Waals surface area contributed by atoms with Crippen molar-refractivity contribution in [1.29, 1.82) is 0 Å². The Morgan fingerprint density at radius 3 is 1.83 bits per heavy atom. The van der Waals surface area contributed by atoms with Gasteiger partial charge < -0.3 is 5.73 Å². The zero-order valence-corrected chi connectivity index (χ0v) is 13.3. The van der Waals surface area contributed by atoms with Crippen molar-refractivity contribution in [1.82, 2.24) is 9.97 Å². The Morgan fingerprint density at radius 2 is 1.43 bits per heavy atom. The number of nitrogens with two attached hydrogens (primary N) is 1. The lowest BCUT2D eigenvalue weighted by molar-refractivity contribution is -0.386. The average molecular weight is 386 g/mol. The van der Waals surface area contributed by atoms with E-state index >= 15 is 0 Å². The zero-order valence-electron chi connectivity index (χ0n) is 11.7. The summed E-state index contributed by atoms with van der Waals surface area (Å²) < 4.78 is 0.271. The molecule has 0 fully saturated rings. The molecule has 0 saturated heterocycles. The van der Waals surface area contributed by atoms with E-state index in [9.17, 15) is 20.2 Å². The minimum Gasteiger partial charge on any atom is -0.378 e. The molecule has 0 radical (unpaired) electrons. The van der Waals surface area contributed by atoms with Crippen molar-refractivity contribution >= 4 is 33.1 Å². The Bertz CT molecular complexity index is 662. The molecule has 0 unspecified atom stereocenters. The molecule has 23 heavy (non-hydrogen) atoms. The maximum absolute atomic E-state index is 10.3. The lowest BCUT2D eigenvalue weighted by Gasteiger charge is -1.95. The average Bonchev–Trinajstić information content (AvgIpc) is 2.44. The van der Waals surface area contributed by atoms with Gasteiger partial charge in [0.25, 0.3) is 0 Å². The molecule has 0 aliphatic heterocycles. The van der Waals surface area contributed by atoms with Crippen LogP contribution >= 0.6 is 15.9 Å². The van der Waals surface area contributed by atoms with Crippen LogP contribution in [0.3, 0.4) is 0 Å². The highest BCUT2D eigenvalue weighted by Crippen LogP contribution is 2.22. The summed E-state index contributed by atoms with van der Waals surface area (Å²) in [5, 5.41) is 20.6. The number of halogens is 1. The molecule has 9 nitrogen and oxygen atoms in total. The van der Waals surface area contributed by atoms with Gasteiger partial charge in [-0.25, -0.2) is 9.97 Å². The number of hydrogen-bond acceptors (Lipinski definition) is 7. The van der Waals surface area contributed by atoms with Gasteiger partial charge in [-0.05, 0) is 40.9 Å². The number of rotatable bonds is 2. The van der Waals surface area contributed by atoms with E-state index in [-0.39, 0.29) is 29.2 Å². The lowest BCUT2D eigenvalue weighted by Crippen LogP contribution is -1.98. The minimum atomic E-state index is -0.546. The molecule has 10 heteroatoms. The fraction of sp³-hybridized carbons (Fsp3) is 0.231. The molecular weight excluding hydrogens is 370 g/mol. The summed E-state index contributed by atoms with van der Waals surface area (Å²) in [5.74, 6) is -0.0411. The molecule has 2 aromatic rings. The third-order valence-electron chi connectivity index (χ3n) is 2.38. The first-order valence-corrected chi connectivity index (χ1v) is 6.64. The van der Waals surface area contributed by atoms with Gasteiger partial charge in [0, 0.05) is 24.5 Å². The van der Waals surface area contributed by atoms with Crippen LogP contribution in [0.4, 0.5) is 17.2 Å². The van der Waals surface area contributed by atoms with Crippen LogP contribution in [0, 0.1) is 34.1 Å². The Hall–Kier alpha value is -2.62. The van der Waals surface area contributed by atoms with Crippen LogP contribution in [0.5, 0.6) is 0 Å². The van der Waals surface area contributed by atoms with Crippen molar-refractivity contribution in [2.45, 2.75) is 21.3 Å². The molecule has 2 rings (SSSR count). The third kappa shape index (κ3) is 5.94. The Morgan fingerprint density at radius 1 is 1.00 bits per heavy atom. The largest absolute Gasteiger partial charge is 0.378 e. The maximum Gasteiger partial charge on any atom is 0.311 e. The summed E-state index contributed by atoms with van der Waals surface area (Å²) >= 11 is 2.98. The second-order valence-electron chi connectivity index (χ2n) is 4.25. The number of aromatic nitrogens is 2. The van der Waals surface area contributed by atoms with Crippen LogP contribution in [0.25, 0.3) is 0 Å². The second-order valence-corrected chi connectivity index (χ2v) is 5.00. The molecule has 0 atom stereocenters. The van der Waals surface area contributed by atoms with E-state index in [1.54, 1.807) is 20.0 Å². The predicted octanol–water partition coefficient (Wildman–Crippen LogP) is 3.58. The van der Waals surface area contributed by atoms with Gasteiger partial charge in [0.15, 0.2) is 4.60 Å². The van der Waals surface area contributed by atoms with Crippen molar-refractivity contribution in [3.05, 3.63) is 60.5 Å². The smallest absolute Gasteiger partial charge is 0.311 e. The molecule has 124 valence electrons. The predicted molar refractivity (Wildman–Crippen MR) is 90.1 cm³/mol. The first-order chi connectivity index (χ1) is 10.2. The van der Waals surface area contributed by atoms with Crippen molar-refractivity contribution in [2.24, 2.45) is 0 Å². The highest BCUT2D eigenvalue weighted by Gasteiger charge is 2.12. The normalized spacial score (nSPS) is 9.17. The monoisotopic (exact) mass is 385 g/mol. The van der Waals surface area contributed by atoms with Gasteiger partial charge in [-0.15, -0.1) is 0 Å². The molecule has 0 bridgehead atoms. The Labute approximate surface area is 141 Å². The van der Waals surface area contributed by atoms with E-state index in [4.69, 9.17) is 5.73 Å². The number of nitrogen functional groups attached to an aromatic ring is 1. The van der Waals surface area contributed by atoms with E-state index < -0.39 is 9.85 Å². The summed E-state index contributed by atoms with van der Waals surface area (Å²) in [4.78, 5) is 27.0. The second kappa shape index (κ2) is 8.73. The molecule has 0 spiro atoms. The van der Waals surface area contributed by atoms with Gasteiger partial charge in [-0.1, -0.05) is 7.43 Å². The molecule has 0 saturated carbocycles. The van der Waals surface area contributed by atoms with Crippen LogP contribution in [-0.4, -0.2) is 19.8 Å². The van der Waals surface area contributed by atoms with Crippen LogP contribution in [0.15, 0.2) is 29.1 Å². The maximum atomic E-state index is 10.3. The molecule has 0 aliphatic carbocycles. The standard InChI is InChI=1S/C6H5BrN2O2.C6H7N3O2.CH4/c2*1-4-2-5(9(10)11)6(7)8-3-4;/h2-3H,1H3;2-3H,1H3,(H2,7,8);1H4. The zero-order chi connectivity index (χ0) is 16.9. The number of hydrogen-bond donors (Lipinski definition) is 1. The first-order valence-electron chi connectivity index (χ1n) is 5.85. The Balaban J connectivity index is 0.000000403. The summed E-state index contributed by atoms with van der Waals surface area (Å²) in [7, 11) is 0. The van der Waals surface area contributed by atoms with Gasteiger partial charge in [0.2, 0.25) is 5.82 Å². The van der Waals surface area contributed by atoms with Crippen molar-refractivity contribution in [3.8, 4) is 0 Å². The van der Waals surface area contributed by atoms with E-state index in [0.29, 0.717) is 0 Å². The summed E-state index contributed by atoms with van der Waals surface area (Å²) in [6.07, 6.45) is 3.05. The summed E-state index contributed by atoms with van der Waals surface area (Å²) in [5.41, 5.74) is 6.61. The molecule has 2 aromatic heterocycles. The highest BCUT2D eigenvalue weighted by atomic mass is 79.9. The molecule has 2 N–H and O–H groups in total. The van der Waals surface area contributed by atoms with Crippen LogP contribution in [0.2, 0.25) is 0 Å². The van der Waals surface area contributed by atoms with E-state index in [2.05, 4.69) is 25.9 Å². The lowest BCUT2D eigenvalue weighted by atomic mass is 10.3. The van der Waals surface area contributed by atoms with E-state index in [0.717, 1.165) is 11.1 Å². The number of nitrogens with zero attached hydrogens (tertiary/aromatic N) is 4. The van der Waals surface area contributed by atoms with Gasteiger partial charge in [-0.3, -0.25) is 20.2 Å². The molecule has 0 amide bonds. The first kappa shape index (κ1) is 20.4. The topological polar surface area (TPSA) is 138 Å². The fourth-order valence-corrected chi connectivity index (χ4v) is 1.74. The van der Waals surface area contributed by atoms with Gasteiger partial charge in [-0.2, -0.15) is 0 Å². The SMILES string of the molecule is C.Cc1cnc(Br)c([N+](=O)[O-])c1.Cc1cnc(N)c([N+](=O)[O-])c1. The molecule has 0 aromatic carbocycles. The van der Waals surface area contributed by atoms with Gasteiger partial charge >= 0.3 is 11.4 Å². The number of aryl methyl sites for hydroxylation is 2. The van der Waals surface area contributed by atoms with Crippen LogP contribution < -0.4 is 5.73 Å². The summed E-state index contributed by atoms with van der Waals surface area (Å²) in [6, 6.07) is 2.86. The number of pyridine rings is 2. The van der Waals surface area contributed by atoms with Crippen molar-refractivity contribution < 1.29 is 9.85 Å². The highest BCUT2D eigenvalue weighted by molar-refractivity contribution is 9.10. The molecule has 0 aliphatic rings. The fourth-order valence-electron chi connectivity index (χ4n) is 1.38. The third-order valence-corrected chi connectivity index (χ3v) is 3.00. The van der Waals surface area contributed by atoms with E-state index in [1.807, 2.05) is 0 Å². The van der Waals surface area contributed by atoms with Crippen molar-refractivity contribution in [2.75, 3.05) is 5.73 Å². The summed E-state index contributed by atoms with van der Waals surface area (Å²) in [6.45, 7) is 3.48. The van der Waals surface area contributed by atoms with Gasteiger partial charge in [0.05, 0.1) is 9.85 Å². The van der Waals surface area contributed by atoms with Crippen molar-refractivity contribution in [3.63, 3.8) is 0 Å². The minimum absolute atomic E-state index is 0. The number of nitro groups is 2. The van der Waals surface area contributed by atoms with Crippen LogP contribution in [-0.2, 0) is 0 Å². The Kier molecular flexibility index (Phi) is 7.74. The number of anilines is 1.